The van der Waals surface area contributed by atoms with E-state index in [2.05, 4.69) is 0 Å². The van der Waals surface area contributed by atoms with E-state index in [0.29, 0.717) is 0 Å². The number of nitrogens with zero attached hydrogens (tertiary/aromatic N) is 2. The van der Waals surface area contributed by atoms with Gasteiger partial charge in [0, 0.05) is 21.0 Å². The van der Waals surface area contributed by atoms with Gasteiger partial charge in [0.2, 0.25) is 16.4 Å². The van der Waals surface area contributed by atoms with Crippen molar-refractivity contribution in [1.29, 1.82) is 0 Å². The Balaban J connectivity index is 3.12. The molecule has 15 heavy (non-hydrogen) atoms. The summed E-state index contributed by atoms with van der Waals surface area (Å²) in [4.78, 5) is 19.0. The number of rotatable bonds is 3. The van der Waals surface area contributed by atoms with Crippen LogP contribution >= 0.6 is 0 Å². The summed E-state index contributed by atoms with van der Waals surface area (Å²) in [7, 11) is -3.91. The smallest absolute Gasteiger partial charge is 0.264 e. The molecule has 0 bridgehead atoms. The normalized spacial score (nSPS) is 24.2. The summed E-state index contributed by atoms with van der Waals surface area (Å²) in [5.74, 6) is -0.592. The highest BCUT2D eigenvalue weighted by Gasteiger charge is 2.46. The van der Waals surface area contributed by atoms with Crippen LogP contribution in [0.2, 0.25) is 0 Å². The zero-order valence-electron chi connectivity index (χ0n) is 7.74. The van der Waals surface area contributed by atoms with Gasteiger partial charge < -0.3 is 0 Å². The van der Waals surface area contributed by atoms with E-state index in [1.54, 1.807) is 0 Å². The minimum absolute atomic E-state index is 0.0155. The monoisotopic (exact) mass is 236 g/mol. The molecule has 0 aromatic rings. The quantitative estimate of drug-likeness (QED) is 0.373. The lowest BCUT2D eigenvalue weighted by Gasteiger charge is -2.01. The fourth-order valence-electron chi connectivity index (χ4n) is 1.50. The minimum Gasteiger partial charge on any atom is -0.264 e. The maximum atomic E-state index is 11.3. The first kappa shape index (κ1) is 11.6. The van der Waals surface area contributed by atoms with Gasteiger partial charge in [-0.05, 0) is 6.92 Å². The zero-order valence-corrected chi connectivity index (χ0v) is 8.56. The predicted octanol–water partition coefficient (Wildman–Crippen LogP) is -0.389. The molecule has 1 atom stereocenters. The van der Waals surface area contributed by atoms with Gasteiger partial charge in [-0.2, -0.15) is 0 Å². The average Bonchev–Trinajstić information content (AvgIpc) is 2.19. The number of hydrogen-bond acceptors (Lipinski definition) is 6. The van der Waals surface area contributed by atoms with Crippen LogP contribution in [-0.2, 0) is 9.84 Å². The molecule has 0 radical (unpaired) electrons. The van der Waals surface area contributed by atoms with E-state index in [4.69, 9.17) is 0 Å². The minimum atomic E-state index is -3.91. The van der Waals surface area contributed by atoms with Crippen molar-refractivity contribution in [2.75, 3.05) is 12.3 Å². The van der Waals surface area contributed by atoms with Crippen molar-refractivity contribution in [3.8, 4) is 0 Å². The zero-order chi connectivity index (χ0) is 11.8. The Morgan fingerprint density at radius 1 is 1.40 bits per heavy atom. The third-order valence-corrected chi connectivity index (χ3v) is 4.11. The Morgan fingerprint density at radius 2 is 1.93 bits per heavy atom. The molecule has 0 fully saturated rings. The van der Waals surface area contributed by atoms with Gasteiger partial charge in [-0.25, -0.2) is 8.42 Å². The summed E-state index contributed by atoms with van der Waals surface area (Å²) in [6.07, 6.45) is 0. The van der Waals surface area contributed by atoms with E-state index in [1.165, 1.54) is 6.92 Å². The molecule has 0 aromatic carbocycles. The molecule has 0 aliphatic carbocycles. The van der Waals surface area contributed by atoms with Gasteiger partial charge in [0.05, 0.1) is 5.75 Å². The van der Waals surface area contributed by atoms with Crippen LogP contribution in [0.15, 0.2) is 11.1 Å². The van der Waals surface area contributed by atoms with E-state index >= 15 is 0 Å². The van der Waals surface area contributed by atoms with Crippen LogP contribution in [-0.4, -0.2) is 35.9 Å². The molecule has 84 valence electrons. The van der Waals surface area contributed by atoms with Crippen molar-refractivity contribution in [3.63, 3.8) is 0 Å². The van der Waals surface area contributed by atoms with Crippen molar-refractivity contribution >= 4 is 9.84 Å². The molecule has 0 aromatic heterocycles. The molecular weight excluding hydrogens is 228 g/mol. The maximum Gasteiger partial charge on any atom is 0.332 e. The van der Waals surface area contributed by atoms with Crippen LogP contribution < -0.4 is 0 Å². The Morgan fingerprint density at radius 3 is 2.27 bits per heavy atom. The number of sulfone groups is 1. The Bertz CT molecular complexity index is 450. The molecule has 1 heterocycles. The second-order valence-electron chi connectivity index (χ2n) is 3.22. The molecule has 8 nitrogen and oxygen atoms in total. The van der Waals surface area contributed by atoms with Gasteiger partial charge >= 0.3 is 5.37 Å². The Kier molecular flexibility index (Phi) is 2.75. The topological polar surface area (TPSA) is 120 Å². The maximum absolute atomic E-state index is 11.3. The summed E-state index contributed by atoms with van der Waals surface area (Å²) in [5, 5.41) is 18.9. The number of hydrogen-bond donors (Lipinski definition) is 0. The molecular formula is C6H8N2O6S. The Labute approximate surface area is 84.8 Å². The van der Waals surface area contributed by atoms with Gasteiger partial charge in [-0.1, -0.05) is 0 Å². The first-order valence-corrected chi connectivity index (χ1v) is 5.62. The van der Waals surface area contributed by atoms with Gasteiger partial charge in [-0.15, -0.1) is 0 Å². The van der Waals surface area contributed by atoms with E-state index in [1.807, 2.05) is 0 Å². The van der Waals surface area contributed by atoms with E-state index in [0.717, 1.165) is 0 Å². The molecule has 0 saturated carbocycles. The van der Waals surface area contributed by atoms with Crippen molar-refractivity contribution in [3.05, 3.63) is 31.4 Å². The molecule has 0 saturated heterocycles. The third-order valence-electron chi connectivity index (χ3n) is 2.16. The van der Waals surface area contributed by atoms with E-state index < -0.39 is 37.4 Å². The summed E-state index contributed by atoms with van der Waals surface area (Å²) in [6.45, 7) is 0.590. The highest BCUT2D eigenvalue weighted by Crippen LogP contribution is 2.27. The largest absolute Gasteiger partial charge is 0.332 e. The summed E-state index contributed by atoms with van der Waals surface area (Å²) < 4.78 is 22.6. The van der Waals surface area contributed by atoms with Gasteiger partial charge in [-0.3, -0.25) is 20.2 Å². The molecule has 0 spiro atoms. The van der Waals surface area contributed by atoms with Crippen molar-refractivity contribution < 1.29 is 18.3 Å². The molecule has 1 unspecified atom stereocenters. The summed E-state index contributed by atoms with van der Waals surface area (Å²) in [5.41, 5.74) is -0.0154. The van der Waals surface area contributed by atoms with Crippen LogP contribution in [0.5, 0.6) is 0 Å². The van der Waals surface area contributed by atoms with E-state index in [-0.39, 0.29) is 11.1 Å². The third kappa shape index (κ3) is 2.12. The van der Waals surface area contributed by atoms with Crippen LogP contribution in [0.1, 0.15) is 6.92 Å². The van der Waals surface area contributed by atoms with Crippen molar-refractivity contribution in [2.45, 2.75) is 12.3 Å². The van der Waals surface area contributed by atoms with Crippen molar-refractivity contribution in [2.24, 2.45) is 0 Å². The lowest BCUT2D eigenvalue weighted by atomic mass is 10.1. The highest BCUT2D eigenvalue weighted by atomic mass is 32.2. The highest BCUT2D eigenvalue weighted by molar-refractivity contribution is 7.92. The predicted molar refractivity (Wildman–Crippen MR) is 49.1 cm³/mol. The second kappa shape index (κ2) is 3.57. The standard InChI is InChI=1S/C6H8N2O6S/c1-4-5(2-7(9)10)3-15(13,14)6(4)8(11)12/h6H,2-3H2,1H3. The lowest BCUT2D eigenvalue weighted by molar-refractivity contribution is -0.488. The second-order valence-corrected chi connectivity index (χ2v) is 5.28. The fraction of sp³-hybridized carbons (Fsp3) is 0.667. The molecule has 1 aliphatic rings. The Hall–Kier alpha value is -1.51. The SMILES string of the molecule is CC1=C(C[N+](=O)[O-])CS(=O)(=O)C1[N+](=O)[O-]. The molecule has 1 rings (SSSR count). The van der Waals surface area contributed by atoms with Crippen LogP contribution in [0.4, 0.5) is 0 Å². The number of nitro groups is 2. The summed E-state index contributed by atoms with van der Waals surface area (Å²) >= 11 is 0. The van der Waals surface area contributed by atoms with Gasteiger partial charge in [0.15, 0.2) is 0 Å². The molecule has 0 N–H and O–H groups in total. The van der Waals surface area contributed by atoms with Gasteiger partial charge in [0.1, 0.15) is 0 Å². The van der Waals surface area contributed by atoms with Crippen LogP contribution in [0, 0.1) is 20.2 Å². The fourth-order valence-corrected chi connectivity index (χ4v) is 3.43. The van der Waals surface area contributed by atoms with E-state index in [9.17, 15) is 28.6 Å². The van der Waals surface area contributed by atoms with Crippen molar-refractivity contribution in [1.82, 2.24) is 0 Å². The first-order chi connectivity index (χ1) is 6.75. The molecule has 0 amide bonds. The first-order valence-electron chi connectivity index (χ1n) is 3.91. The van der Waals surface area contributed by atoms with Crippen LogP contribution in [0.3, 0.4) is 0 Å². The molecule has 9 heteroatoms. The van der Waals surface area contributed by atoms with Gasteiger partial charge in [0.25, 0.3) is 0 Å². The molecule has 1 aliphatic heterocycles. The average molecular weight is 236 g/mol. The lowest BCUT2D eigenvalue weighted by Crippen LogP contribution is -2.27. The summed E-state index contributed by atoms with van der Waals surface area (Å²) in [6, 6.07) is 0. The van der Waals surface area contributed by atoms with Crippen LogP contribution in [0.25, 0.3) is 0 Å².